The third kappa shape index (κ3) is 3.92. The number of nitrogens with one attached hydrogen (secondary N) is 1. The van der Waals surface area contributed by atoms with Gasteiger partial charge in [0.05, 0.1) is 24.9 Å². The zero-order valence-corrected chi connectivity index (χ0v) is 10.6. The summed E-state index contributed by atoms with van der Waals surface area (Å²) in [7, 11) is 0. The summed E-state index contributed by atoms with van der Waals surface area (Å²) in [5.74, 6) is 4.22. The van der Waals surface area contributed by atoms with Crippen molar-refractivity contribution >= 4 is 5.69 Å². The molecule has 1 unspecified atom stereocenters. The van der Waals surface area contributed by atoms with Crippen LogP contribution in [0.4, 0.5) is 5.69 Å². The Kier molecular flexibility index (Phi) is 5.22. The second kappa shape index (κ2) is 6.70. The molecule has 0 aliphatic rings. The second-order valence-corrected chi connectivity index (χ2v) is 3.56. The van der Waals surface area contributed by atoms with Crippen LogP contribution in [0.3, 0.4) is 0 Å². The number of terminal acetylenes is 1. The minimum atomic E-state index is -0.0499. The van der Waals surface area contributed by atoms with Crippen LogP contribution in [0.5, 0.6) is 11.5 Å². The maximum Gasteiger partial charge on any atom is 0.142 e. The molecule has 0 saturated carbocycles. The van der Waals surface area contributed by atoms with Crippen molar-refractivity contribution in [1.29, 1.82) is 0 Å². The Morgan fingerprint density at radius 2 is 2.00 bits per heavy atom. The number of ether oxygens (including phenoxy) is 2. The van der Waals surface area contributed by atoms with E-state index in [9.17, 15) is 0 Å². The van der Waals surface area contributed by atoms with Gasteiger partial charge in [0.1, 0.15) is 11.5 Å². The molecule has 0 spiro atoms. The lowest BCUT2D eigenvalue weighted by molar-refractivity contribution is 0.331. The van der Waals surface area contributed by atoms with Gasteiger partial charge in [-0.25, -0.2) is 0 Å². The van der Waals surface area contributed by atoms with Crippen LogP contribution in [0.2, 0.25) is 0 Å². The molecule has 0 aromatic heterocycles. The smallest absolute Gasteiger partial charge is 0.142 e. The predicted octanol–water partition coefficient (Wildman–Crippen LogP) is 2.92. The minimum absolute atomic E-state index is 0.0499. The summed E-state index contributed by atoms with van der Waals surface area (Å²) in [5, 5.41) is 3.20. The summed E-state index contributed by atoms with van der Waals surface area (Å²) < 4.78 is 11.0. The van der Waals surface area contributed by atoms with E-state index < -0.39 is 0 Å². The van der Waals surface area contributed by atoms with Crippen molar-refractivity contribution in [2.75, 3.05) is 18.5 Å². The van der Waals surface area contributed by atoms with Gasteiger partial charge in [0, 0.05) is 6.07 Å². The van der Waals surface area contributed by atoms with Gasteiger partial charge in [-0.15, -0.1) is 6.42 Å². The van der Waals surface area contributed by atoms with Crippen LogP contribution in [0, 0.1) is 12.3 Å². The van der Waals surface area contributed by atoms with Gasteiger partial charge in [0.15, 0.2) is 0 Å². The molecule has 0 heterocycles. The van der Waals surface area contributed by atoms with E-state index >= 15 is 0 Å². The lowest BCUT2D eigenvalue weighted by Gasteiger charge is -2.15. The average Bonchev–Trinajstić information content (AvgIpc) is 2.33. The van der Waals surface area contributed by atoms with Gasteiger partial charge < -0.3 is 14.8 Å². The van der Waals surface area contributed by atoms with Crippen LogP contribution in [0.25, 0.3) is 0 Å². The van der Waals surface area contributed by atoms with Crippen molar-refractivity contribution < 1.29 is 9.47 Å². The van der Waals surface area contributed by atoms with E-state index in [0.717, 1.165) is 17.2 Å². The lowest BCUT2D eigenvalue weighted by Crippen LogP contribution is -2.13. The summed E-state index contributed by atoms with van der Waals surface area (Å²) in [6, 6.07) is 5.63. The quantitative estimate of drug-likeness (QED) is 0.766. The Morgan fingerprint density at radius 1 is 1.29 bits per heavy atom. The van der Waals surface area contributed by atoms with Crippen LogP contribution in [0.15, 0.2) is 18.2 Å². The normalized spacial score (nSPS) is 11.4. The molecule has 0 fully saturated rings. The van der Waals surface area contributed by atoms with Gasteiger partial charge in [-0.1, -0.05) is 5.92 Å². The monoisotopic (exact) mass is 233 g/mol. The average molecular weight is 233 g/mol. The first kappa shape index (κ1) is 13.2. The summed E-state index contributed by atoms with van der Waals surface area (Å²) in [6.45, 7) is 7.08. The molecule has 0 bridgehead atoms. The van der Waals surface area contributed by atoms with Gasteiger partial charge in [-0.05, 0) is 32.9 Å². The van der Waals surface area contributed by atoms with E-state index in [1.807, 2.05) is 39.0 Å². The molecular weight excluding hydrogens is 214 g/mol. The van der Waals surface area contributed by atoms with Crippen LogP contribution in [-0.4, -0.2) is 19.3 Å². The van der Waals surface area contributed by atoms with Gasteiger partial charge in [-0.3, -0.25) is 0 Å². The number of rotatable bonds is 6. The fourth-order valence-electron chi connectivity index (χ4n) is 1.43. The van der Waals surface area contributed by atoms with Crippen LogP contribution in [0.1, 0.15) is 20.8 Å². The van der Waals surface area contributed by atoms with Crippen molar-refractivity contribution in [1.82, 2.24) is 0 Å². The van der Waals surface area contributed by atoms with Crippen LogP contribution in [-0.2, 0) is 0 Å². The Morgan fingerprint density at radius 3 is 2.59 bits per heavy atom. The molecule has 17 heavy (non-hydrogen) atoms. The third-order valence-electron chi connectivity index (χ3n) is 2.18. The first-order valence-corrected chi connectivity index (χ1v) is 5.83. The lowest BCUT2D eigenvalue weighted by atomic mass is 10.2. The molecule has 1 rings (SSSR count). The summed E-state index contributed by atoms with van der Waals surface area (Å²) in [4.78, 5) is 0. The van der Waals surface area contributed by atoms with Gasteiger partial charge >= 0.3 is 0 Å². The first-order valence-electron chi connectivity index (χ1n) is 5.83. The molecule has 3 nitrogen and oxygen atoms in total. The number of anilines is 1. The van der Waals surface area contributed by atoms with E-state index in [2.05, 4.69) is 11.2 Å². The van der Waals surface area contributed by atoms with E-state index in [0.29, 0.717) is 13.2 Å². The number of benzene rings is 1. The van der Waals surface area contributed by atoms with Crippen molar-refractivity contribution in [3.8, 4) is 23.8 Å². The van der Waals surface area contributed by atoms with E-state index in [4.69, 9.17) is 15.9 Å². The number of hydrogen-bond donors (Lipinski definition) is 1. The fraction of sp³-hybridized carbons (Fsp3) is 0.429. The molecule has 3 heteroatoms. The molecule has 1 atom stereocenters. The molecule has 0 radical (unpaired) electrons. The highest BCUT2D eigenvalue weighted by Crippen LogP contribution is 2.29. The maximum absolute atomic E-state index is 5.53. The molecule has 92 valence electrons. The second-order valence-electron chi connectivity index (χ2n) is 3.56. The molecule has 1 aromatic carbocycles. The Balaban J connectivity index is 2.94. The largest absolute Gasteiger partial charge is 0.494 e. The highest BCUT2D eigenvalue weighted by Gasteiger charge is 2.07. The van der Waals surface area contributed by atoms with Crippen LogP contribution < -0.4 is 14.8 Å². The van der Waals surface area contributed by atoms with Gasteiger partial charge in [0.25, 0.3) is 0 Å². The standard InChI is InChI=1S/C14H19NO2/c1-5-11(4)15-13-10-12(16-6-2)8-9-14(13)17-7-3/h1,8-11,15H,6-7H2,2-4H3. The number of hydrogen-bond acceptors (Lipinski definition) is 3. The zero-order chi connectivity index (χ0) is 12.7. The van der Waals surface area contributed by atoms with Gasteiger partial charge in [0.2, 0.25) is 0 Å². The molecular formula is C14H19NO2. The summed E-state index contributed by atoms with van der Waals surface area (Å²) in [6.07, 6.45) is 5.36. The fourth-order valence-corrected chi connectivity index (χ4v) is 1.43. The first-order chi connectivity index (χ1) is 8.21. The summed E-state index contributed by atoms with van der Waals surface area (Å²) >= 11 is 0. The molecule has 1 aromatic rings. The van der Waals surface area contributed by atoms with Crippen LogP contribution >= 0.6 is 0 Å². The van der Waals surface area contributed by atoms with Crippen molar-refractivity contribution in [3.63, 3.8) is 0 Å². The van der Waals surface area contributed by atoms with Gasteiger partial charge in [-0.2, -0.15) is 0 Å². The Labute approximate surface area is 103 Å². The maximum atomic E-state index is 5.53. The van der Waals surface area contributed by atoms with E-state index in [1.54, 1.807) is 0 Å². The minimum Gasteiger partial charge on any atom is -0.494 e. The zero-order valence-electron chi connectivity index (χ0n) is 10.6. The highest BCUT2D eigenvalue weighted by molar-refractivity contribution is 5.60. The van der Waals surface area contributed by atoms with E-state index in [1.165, 1.54) is 0 Å². The Bertz CT molecular complexity index is 396. The van der Waals surface area contributed by atoms with Crippen molar-refractivity contribution in [2.45, 2.75) is 26.8 Å². The molecule has 0 saturated heterocycles. The summed E-state index contributed by atoms with van der Waals surface area (Å²) in [5.41, 5.74) is 0.864. The molecule has 0 aliphatic carbocycles. The van der Waals surface area contributed by atoms with Crippen molar-refractivity contribution in [3.05, 3.63) is 18.2 Å². The topological polar surface area (TPSA) is 30.5 Å². The van der Waals surface area contributed by atoms with E-state index in [-0.39, 0.29) is 6.04 Å². The molecule has 1 N–H and O–H groups in total. The SMILES string of the molecule is C#CC(C)Nc1cc(OCC)ccc1OCC. The molecule has 0 amide bonds. The molecule has 0 aliphatic heterocycles. The predicted molar refractivity (Wildman–Crippen MR) is 70.7 cm³/mol. The Hall–Kier alpha value is -1.82. The third-order valence-corrected chi connectivity index (χ3v) is 2.18. The van der Waals surface area contributed by atoms with Crippen molar-refractivity contribution in [2.24, 2.45) is 0 Å². The highest BCUT2D eigenvalue weighted by atomic mass is 16.5.